The number of ketones is 1. The van der Waals surface area contributed by atoms with Crippen LogP contribution >= 0.6 is 0 Å². The number of amides is 2. The van der Waals surface area contributed by atoms with Crippen molar-refractivity contribution in [3.8, 4) is 0 Å². The Hall–Kier alpha value is -3.72. The fourth-order valence-electron chi connectivity index (χ4n) is 5.16. The Kier molecular flexibility index (Phi) is 9.12. The number of hydrogen-bond acceptors (Lipinski definition) is 7. The first-order valence-corrected chi connectivity index (χ1v) is 13.3. The van der Waals surface area contributed by atoms with Crippen molar-refractivity contribution in [1.29, 1.82) is 0 Å². The number of ether oxygens (including phenoxy) is 1. The monoisotopic (exact) mass is 520 g/mol. The van der Waals surface area contributed by atoms with Gasteiger partial charge in [0, 0.05) is 36.4 Å². The lowest BCUT2D eigenvalue weighted by Gasteiger charge is -2.24. The molecule has 1 fully saturated rings. The molecule has 0 spiro atoms. The molecule has 2 amide bonds. The molecule has 4 N–H and O–H groups in total. The quantitative estimate of drug-likeness (QED) is 0.306. The lowest BCUT2D eigenvalue weighted by atomic mass is 10.0. The van der Waals surface area contributed by atoms with E-state index in [2.05, 4.69) is 15.5 Å². The number of carbonyl (C=O) groups excluding carboxylic acids is 4. The van der Waals surface area contributed by atoms with Crippen molar-refractivity contribution >= 4 is 29.3 Å². The average molecular weight is 521 g/mol. The molecular formula is C29H36N4O5. The van der Waals surface area contributed by atoms with E-state index >= 15 is 0 Å². The highest BCUT2D eigenvalue weighted by Gasteiger charge is 2.37. The number of nitrogens with two attached hydrogens (primary N) is 1. The number of carbonyl (C=O) groups is 4. The minimum Gasteiger partial charge on any atom is -0.457 e. The zero-order valence-electron chi connectivity index (χ0n) is 21.8. The van der Waals surface area contributed by atoms with Crippen molar-refractivity contribution in [2.24, 2.45) is 11.7 Å². The Bertz CT molecular complexity index is 1170. The van der Waals surface area contributed by atoms with E-state index in [0.29, 0.717) is 43.4 Å². The van der Waals surface area contributed by atoms with Gasteiger partial charge < -0.3 is 26.0 Å². The highest BCUT2D eigenvalue weighted by molar-refractivity contribution is 5.99. The Labute approximate surface area is 223 Å². The van der Waals surface area contributed by atoms with E-state index in [1.165, 1.54) is 5.56 Å². The summed E-state index contributed by atoms with van der Waals surface area (Å²) in [4.78, 5) is 53.5. The summed E-state index contributed by atoms with van der Waals surface area (Å²) >= 11 is 0. The van der Waals surface area contributed by atoms with Crippen molar-refractivity contribution in [2.45, 2.75) is 50.6 Å². The van der Waals surface area contributed by atoms with Gasteiger partial charge in [0.1, 0.15) is 6.04 Å². The van der Waals surface area contributed by atoms with Crippen molar-refractivity contribution in [3.63, 3.8) is 0 Å². The first-order valence-electron chi connectivity index (χ1n) is 13.3. The van der Waals surface area contributed by atoms with Crippen molar-refractivity contribution < 1.29 is 23.9 Å². The molecule has 0 saturated heterocycles. The minimum atomic E-state index is -0.783. The number of nitrogens with zero attached hydrogens (tertiary/aromatic N) is 1. The molecule has 38 heavy (non-hydrogen) atoms. The van der Waals surface area contributed by atoms with Crippen molar-refractivity contribution in [3.05, 3.63) is 65.2 Å². The molecule has 0 aromatic heterocycles. The van der Waals surface area contributed by atoms with E-state index in [1.54, 1.807) is 30.3 Å². The molecule has 1 aliphatic heterocycles. The van der Waals surface area contributed by atoms with Gasteiger partial charge in [-0.05, 0) is 56.3 Å². The van der Waals surface area contributed by atoms with E-state index in [9.17, 15) is 19.2 Å². The second kappa shape index (κ2) is 12.7. The minimum absolute atomic E-state index is 0.278. The lowest BCUT2D eigenvalue weighted by Crippen LogP contribution is -2.51. The molecule has 0 radical (unpaired) electrons. The summed E-state index contributed by atoms with van der Waals surface area (Å²) in [6.45, 7) is 0.954. The van der Waals surface area contributed by atoms with Crippen LogP contribution in [-0.4, -0.2) is 62.4 Å². The molecule has 0 bridgehead atoms. The van der Waals surface area contributed by atoms with Crippen LogP contribution in [-0.2, 0) is 20.7 Å². The van der Waals surface area contributed by atoms with E-state index in [-0.39, 0.29) is 24.2 Å². The predicted octanol–water partition coefficient (Wildman–Crippen LogP) is 2.23. The van der Waals surface area contributed by atoms with Crippen LogP contribution in [0.15, 0.2) is 48.5 Å². The van der Waals surface area contributed by atoms with Crippen LogP contribution in [0.5, 0.6) is 0 Å². The highest BCUT2D eigenvalue weighted by atomic mass is 16.5. The van der Waals surface area contributed by atoms with E-state index in [0.717, 1.165) is 25.1 Å². The topological polar surface area (TPSA) is 131 Å². The van der Waals surface area contributed by atoms with E-state index in [4.69, 9.17) is 10.5 Å². The highest BCUT2D eigenvalue weighted by Crippen LogP contribution is 2.28. The average Bonchev–Trinajstić information content (AvgIpc) is 3.55. The maximum Gasteiger partial charge on any atom is 0.311 e. The first-order chi connectivity index (χ1) is 18.4. The summed E-state index contributed by atoms with van der Waals surface area (Å²) in [5.74, 6) is -2.00. The number of Topliss-reactive ketones (excluding diaryl/α,β-unsaturated/α-hetero) is 1. The molecule has 3 atom stereocenters. The molecule has 1 saturated carbocycles. The number of esters is 1. The third-order valence-corrected chi connectivity index (χ3v) is 7.38. The van der Waals surface area contributed by atoms with Crippen molar-refractivity contribution in [1.82, 2.24) is 10.6 Å². The number of rotatable bonds is 11. The van der Waals surface area contributed by atoms with E-state index < -0.39 is 24.0 Å². The van der Waals surface area contributed by atoms with Gasteiger partial charge in [0.15, 0.2) is 12.4 Å². The third kappa shape index (κ3) is 6.58. The summed E-state index contributed by atoms with van der Waals surface area (Å²) < 4.78 is 5.32. The van der Waals surface area contributed by atoms with Crippen LogP contribution < -0.4 is 21.3 Å². The van der Waals surface area contributed by atoms with Gasteiger partial charge in [0.25, 0.3) is 5.91 Å². The van der Waals surface area contributed by atoms with Gasteiger partial charge in [0.05, 0.1) is 5.92 Å². The molecule has 1 aliphatic carbocycles. The molecule has 9 nitrogen and oxygen atoms in total. The molecule has 4 rings (SSSR count). The summed E-state index contributed by atoms with van der Waals surface area (Å²) in [6.07, 6.45) is 3.81. The second-order valence-electron chi connectivity index (χ2n) is 10.0. The molecule has 1 heterocycles. The summed E-state index contributed by atoms with van der Waals surface area (Å²) in [6, 6.07) is 13.0. The molecular weight excluding hydrogens is 484 g/mol. The zero-order chi connectivity index (χ0) is 27.1. The van der Waals surface area contributed by atoms with Crippen LogP contribution in [0.1, 0.15) is 58.4 Å². The third-order valence-electron chi connectivity index (χ3n) is 7.38. The van der Waals surface area contributed by atoms with Crippen LogP contribution in [0, 0.1) is 5.92 Å². The number of hydrogen-bond donors (Lipinski definition) is 3. The first kappa shape index (κ1) is 27.3. The van der Waals surface area contributed by atoms with Crippen LogP contribution in [0.3, 0.4) is 0 Å². The standard InChI is InChI=1S/C29H36N4O5/c1-33-16-14-19-12-13-21(17-25(19)33)27(35)32-24(11-6-15-30)28(36)31-23-10-5-9-22(23)29(37)38-18-26(34)20-7-3-2-4-8-20/h2-4,7-8,12-13,17,22-24H,5-6,9-11,14-16,18,30H2,1H3,(H,31,36)(H,32,35). The number of anilines is 1. The summed E-state index contributed by atoms with van der Waals surface area (Å²) in [5, 5.41) is 5.82. The summed E-state index contributed by atoms with van der Waals surface area (Å²) in [7, 11) is 1.99. The van der Waals surface area contributed by atoms with Crippen LogP contribution in [0.2, 0.25) is 0 Å². The normalized spacial score (nSPS) is 18.9. The van der Waals surface area contributed by atoms with Gasteiger partial charge >= 0.3 is 5.97 Å². The van der Waals surface area contributed by atoms with Gasteiger partial charge in [-0.15, -0.1) is 0 Å². The number of fused-ring (bicyclic) bond motifs is 1. The maximum absolute atomic E-state index is 13.2. The van der Waals surface area contributed by atoms with Crippen molar-refractivity contribution in [2.75, 3.05) is 31.6 Å². The summed E-state index contributed by atoms with van der Waals surface area (Å²) in [5.41, 5.74) is 8.88. The Balaban J connectivity index is 1.35. The number of benzene rings is 2. The van der Waals surface area contributed by atoms with Gasteiger partial charge in [-0.25, -0.2) is 0 Å². The molecule has 3 unspecified atom stereocenters. The predicted molar refractivity (Wildman–Crippen MR) is 144 cm³/mol. The maximum atomic E-state index is 13.2. The lowest BCUT2D eigenvalue weighted by molar-refractivity contribution is -0.148. The molecule has 2 aliphatic rings. The van der Waals surface area contributed by atoms with Gasteiger partial charge in [-0.1, -0.05) is 42.8 Å². The SMILES string of the molecule is CN1CCc2ccc(C(=O)NC(CCCN)C(=O)NC3CCCC3C(=O)OCC(=O)c3ccccc3)cc21. The fourth-order valence-corrected chi connectivity index (χ4v) is 5.16. The molecule has 9 heteroatoms. The molecule has 202 valence electrons. The fraction of sp³-hybridized carbons (Fsp3) is 0.448. The Morgan fingerprint density at radius 2 is 1.87 bits per heavy atom. The van der Waals surface area contributed by atoms with Gasteiger partial charge in [0.2, 0.25) is 5.91 Å². The smallest absolute Gasteiger partial charge is 0.311 e. The largest absolute Gasteiger partial charge is 0.457 e. The second-order valence-corrected chi connectivity index (χ2v) is 10.0. The Morgan fingerprint density at radius 1 is 1.08 bits per heavy atom. The Morgan fingerprint density at radius 3 is 2.63 bits per heavy atom. The van der Waals surface area contributed by atoms with Gasteiger partial charge in [-0.2, -0.15) is 0 Å². The molecule has 2 aromatic rings. The van der Waals surface area contributed by atoms with Crippen LogP contribution in [0.25, 0.3) is 0 Å². The number of nitrogens with one attached hydrogen (secondary N) is 2. The van der Waals surface area contributed by atoms with Gasteiger partial charge in [-0.3, -0.25) is 19.2 Å². The molecule has 2 aromatic carbocycles. The number of likely N-dealkylation sites (N-methyl/N-ethyl adjacent to an activating group) is 1. The van der Waals surface area contributed by atoms with E-state index in [1.807, 2.05) is 25.2 Å². The zero-order valence-corrected chi connectivity index (χ0v) is 21.8. The van der Waals surface area contributed by atoms with Crippen LogP contribution in [0.4, 0.5) is 5.69 Å².